The molecule has 0 N–H and O–H groups in total. The lowest BCUT2D eigenvalue weighted by atomic mass is 10.1. The van der Waals surface area contributed by atoms with Crippen LogP contribution in [0.4, 0.5) is 0 Å². The van der Waals surface area contributed by atoms with E-state index in [0.29, 0.717) is 0 Å². The summed E-state index contributed by atoms with van der Waals surface area (Å²) >= 11 is 0. The summed E-state index contributed by atoms with van der Waals surface area (Å²) in [4.78, 5) is 2.29. The van der Waals surface area contributed by atoms with Gasteiger partial charge in [0.2, 0.25) is 0 Å². The van der Waals surface area contributed by atoms with Crippen molar-refractivity contribution in [2.75, 3.05) is 13.6 Å². The van der Waals surface area contributed by atoms with E-state index in [-0.39, 0.29) is 5.54 Å². The molecule has 0 spiro atoms. The lowest BCUT2D eigenvalue weighted by Gasteiger charge is -2.24. The van der Waals surface area contributed by atoms with Crippen LogP contribution in [0.25, 0.3) is 0 Å². The van der Waals surface area contributed by atoms with Crippen molar-refractivity contribution in [3.63, 3.8) is 0 Å². The Morgan fingerprint density at radius 1 is 1.38 bits per heavy atom. The number of nitriles is 1. The van der Waals surface area contributed by atoms with E-state index in [9.17, 15) is 0 Å². The topological polar surface area (TPSA) is 27.0 Å². The third-order valence-electron chi connectivity index (χ3n) is 3.67. The van der Waals surface area contributed by atoms with Gasteiger partial charge in [0.15, 0.2) is 0 Å². The highest BCUT2D eigenvalue weighted by Crippen LogP contribution is 2.41. The molecule has 0 aromatic heterocycles. The van der Waals surface area contributed by atoms with Crippen molar-refractivity contribution in [2.24, 2.45) is 5.92 Å². The van der Waals surface area contributed by atoms with Gasteiger partial charge in [-0.15, -0.1) is 0 Å². The van der Waals surface area contributed by atoms with Crippen LogP contribution in [0, 0.1) is 17.2 Å². The number of hydrogen-bond acceptors (Lipinski definition) is 2. The van der Waals surface area contributed by atoms with Gasteiger partial charge in [-0.25, -0.2) is 0 Å². The van der Waals surface area contributed by atoms with Gasteiger partial charge in [0, 0.05) is 6.54 Å². The van der Waals surface area contributed by atoms with Gasteiger partial charge in [-0.05, 0) is 38.6 Å². The minimum absolute atomic E-state index is 0.0530. The predicted octanol–water partition coefficient (Wildman–Crippen LogP) is 2.16. The molecule has 0 aromatic rings. The fraction of sp³-hybridized carbons (Fsp3) is 0.909. The molecule has 13 heavy (non-hydrogen) atoms. The summed E-state index contributed by atoms with van der Waals surface area (Å²) in [6, 6.07) is 2.45. The van der Waals surface area contributed by atoms with E-state index in [1.807, 2.05) is 0 Å². The van der Waals surface area contributed by atoms with E-state index in [1.54, 1.807) is 0 Å². The minimum Gasteiger partial charge on any atom is -0.288 e. The summed E-state index contributed by atoms with van der Waals surface area (Å²) in [6.07, 6.45) is 7.74. The van der Waals surface area contributed by atoms with E-state index in [1.165, 1.54) is 25.7 Å². The Hall–Kier alpha value is -0.550. The monoisotopic (exact) mass is 178 g/mol. The Bertz CT molecular complexity index is 219. The number of hydrogen-bond donors (Lipinski definition) is 0. The van der Waals surface area contributed by atoms with Gasteiger partial charge in [0.25, 0.3) is 0 Å². The van der Waals surface area contributed by atoms with Crippen molar-refractivity contribution >= 4 is 0 Å². The predicted molar refractivity (Wildman–Crippen MR) is 52.2 cm³/mol. The molecule has 0 amide bonds. The molecule has 2 nitrogen and oxygen atoms in total. The standard InChI is InChI=1S/C11H18N2/c1-13(11(9-12)6-7-11)8-10-4-2-3-5-10/h10H,2-8H2,1H3. The van der Waals surface area contributed by atoms with Crippen LogP contribution in [0.15, 0.2) is 0 Å². The fourth-order valence-electron chi connectivity index (χ4n) is 2.45. The maximum Gasteiger partial charge on any atom is 0.109 e. The molecule has 0 heterocycles. The third kappa shape index (κ3) is 1.71. The Morgan fingerprint density at radius 3 is 2.46 bits per heavy atom. The van der Waals surface area contributed by atoms with Gasteiger partial charge < -0.3 is 0 Å². The van der Waals surface area contributed by atoms with Crippen molar-refractivity contribution in [3.8, 4) is 6.07 Å². The second-order valence-electron chi connectivity index (χ2n) is 4.67. The molecule has 2 aliphatic rings. The first kappa shape index (κ1) is 9.02. The van der Waals surface area contributed by atoms with Gasteiger partial charge >= 0.3 is 0 Å². The zero-order valence-electron chi connectivity index (χ0n) is 8.42. The third-order valence-corrected chi connectivity index (χ3v) is 3.67. The van der Waals surface area contributed by atoms with Crippen molar-refractivity contribution in [2.45, 2.75) is 44.1 Å². The highest BCUT2D eigenvalue weighted by Gasteiger charge is 2.47. The molecule has 0 radical (unpaired) electrons. The maximum atomic E-state index is 9.01. The van der Waals surface area contributed by atoms with Crippen LogP contribution < -0.4 is 0 Å². The van der Waals surface area contributed by atoms with Crippen LogP contribution in [0.2, 0.25) is 0 Å². The lowest BCUT2D eigenvalue weighted by molar-refractivity contribution is 0.228. The molecule has 0 bridgehead atoms. The summed E-state index contributed by atoms with van der Waals surface area (Å²) in [7, 11) is 2.12. The fourth-order valence-corrected chi connectivity index (χ4v) is 2.45. The smallest absolute Gasteiger partial charge is 0.109 e. The first-order valence-electron chi connectivity index (χ1n) is 5.39. The second-order valence-corrected chi connectivity index (χ2v) is 4.67. The van der Waals surface area contributed by atoms with Crippen LogP contribution in [-0.2, 0) is 0 Å². The molecule has 2 fully saturated rings. The van der Waals surface area contributed by atoms with Crippen molar-refractivity contribution in [1.29, 1.82) is 5.26 Å². The van der Waals surface area contributed by atoms with Crippen LogP contribution in [0.3, 0.4) is 0 Å². The van der Waals surface area contributed by atoms with Gasteiger partial charge in [0.05, 0.1) is 6.07 Å². The molecule has 2 saturated carbocycles. The largest absolute Gasteiger partial charge is 0.288 e. The van der Waals surface area contributed by atoms with Crippen molar-refractivity contribution in [1.82, 2.24) is 4.90 Å². The molecule has 0 unspecified atom stereocenters. The van der Waals surface area contributed by atoms with Gasteiger partial charge in [-0.3, -0.25) is 4.90 Å². The maximum absolute atomic E-state index is 9.01. The van der Waals surface area contributed by atoms with Crippen LogP contribution in [0.5, 0.6) is 0 Å². The van der Waals surface area contributed by atoms with Crippen LogP contribution in [-0.4, -0.2) is 24.0 Å². The van der Waals surface area contributed by atoms with Gasteiger partial charge in [0.1, 0.15) is 5.54 Å². The highest BCUT2D eigenvalue weighted by molar-refractivity contribution is 5.18. The molecular formula is C11H18N2. The van der Waals surface area contributed by atoms with E-state index in [0.717, 1.165) is 25.3 Å². The molecule has 72 valence electrons. The lowest BCUT2D eigenvalue weighted by Crippen LogP contribution is -2.35. The molecule has 2 heteroatoms. The highest BCUT2D eigenvalue weighted by atomic mass is 15.2. The van der Waals surface area contributed by atoms with E-state index >= 15 is 0 Å². The van der Waals surface area contributed by atoms with Gasteiger partial charge in [-0.2, -0.15) is 5.26 Å². The average Bonchev–Trinajstić information content (AvgIpc) is 2.79. The minimum atomic E-state index is -0.0530. The van der Waals surface area contributed by atoms with E-state index in [4.69, 9.17) is 5.26 Å². The molecule has 2 rings (SSSR count). The Labute approximate surface area is 80.5 Å². The molecule has 0 aliphatic heterocycles. The quantitative estimate of drug-likeness (QED) is 0.662. The normalized spacial score (nSPS) is 26.2. The molecule has 2 aliphatic carbocycles. The Morgan fingerprint density at radius 2 is 2.00 bits per heavy atom. The van der Waals surface area contributed by atoms with E-state index < -0.39 is 0 Å². The number of rotatable bonds is 3. The first-order valence-corrected chi connectivity index (χ1v) is 5.39. The molecular weight excluding hydrogens is 160 g/mol. The molecule has 0 saturated heterocycles. The van der Waals surface area contributed by atoms with Crippen LogP contribution in [0.1, 0.15) is 38.5 Å². The van der Waals surface area contributed by atoms with Gasteiger partial charge in [-0.1, -0.05) is 12.8 Å². The SMILES string of the molecule is CN(CC1CCCC1)C1(C#N)CC1. The summed E-state index contributed by atoms with van der Waals surface area (Å²) in [5.74, 6) is 0.871. The first-order chi connectivity index (χ1) is 6.27. The zero-order valence-corrected chi connectivity index (χ0v) is 8.42. The second kappa shape index (κ2) is 3.31. The van der Waals surface area contributed by atoms with E-state index in [2.05, 4.69) is 18.0 Å². The average molecular weight is 178 g/mol. The summed E-state index contributed by atoms with van der Waals surface area (Å²) < 4.78 is 0. The van der Waals surface area contributed by atoms with Crippen molar-refractivity contribution < 1.29 is 0 Å². The summed E-state index contributed by atoms with van der Waals surface area (Å²) in [6.45, 7) is 1.15. The van der Waals surface area contributed by atoms with Crippen molar-refractivity contribution in [3.05, 3.63) is 0 Å². The number of nitrogens with zero attached hydrogens (tertiary/aromatic N) is 2. The molecule has 0 aromatic carbocycles. The molecule has 0 atom stereocenters. The zero-order chi connectivity index (χ0) is 9.31. The van der Waals surface area contributed by atoms with Crippen LogP contribution >= 0.6 is 0 Å². The summed E-state index contributed by atoms with van der Waals surface area (Å²) in [5.41, 5.74) is -0.0530. The Balaban J connectivity index is 1.84. The summed E-state index contributed by atoms with van der Waals surface area (Å²) in [5, 5.41) is 9.01. The Kier molecular flexibility index (Phi) is 2.29.